The second-order valence-electron chi connectivity index (χ2n) is 7.27. The van der Waals surface area contributed by atoms with Crippen molar-refractivity contribution in [1.82, 2.24) is 0 Å². The fourth-order valence-electron chi connectivity index (χ4n) is 3.72. The zero-order valence-electron chi connectivity index (χ0n) is 14.5. The van der Waals surface area contributed by atoms with E-state index in [-0.39, 0.29) is 0 Å². The largest absolute Gasteiger partial charge is 0.0651 e. The van der Waals surface area contributed by atoms with Crippen LogP contribution in [0.5, 0.6) is 0 Å². The molecule has 0 N–H and O–H groups in total. The summed E-state index contributed by atoms with van der Waals surface area (Å²) in [6.45, 7) is 21.8. The van der Waals surface area contributed by atoms with E-state index in [4.69, 9.17) is 0 Å². The first kappa shape index (κ1) is 18.0. The summed E-state index contributed by atoms with van der Waals surface area (Å²) in [6, 6.07) is 0. The van der Waals surface area contributed by atoms with Crippen LogP contribution in [-0.2, 0) is 0 Å². The minimum atomic E-state index is 0.800. The van der Waals surface area contributed by atoms with Crippen molar-refractivity contribution in [3.63, 3.8) is 0 Å². The predicted octanol–water partition coefficient (Wildman–Crippen LogP) is 6.26. The highest BCUT2D eigenvalue weighted by atomic mass is 14.4. The number of rotatable bonds is 8. The Bertz CT molecular complexity index is 204. The second kappa shape index (κ2) is 8.23. The van der Waals surface area contributed by atoms with Gasteiger partial charge in [0.25, 0.3) is 0 Å². The van der Waals surface area contributed by atoms with E-state index in [2.05, 4.69) is 62.3 Å². The fourth-order valence-corrected chi connectivity index (χ4v) is 3.72. The van der Waals surface area contributed by atoms with Crippen LogP contribution in [0.4, 0.5) is 0 Å². The molecule has 0 spiro atoms. The van der Waals surface area contributed by atoms with E-state index in [1.54, 1.807) is 0 Å². The van der Waals surface area contributed by atoms with Crippen molar-refractivity contribution < 1.29 is 0 Å². The molecule has 110 valence electrons. The Morgan fingerprint density at radius 1 is 0.556 bits per heavy atom. The van der Waals surface area contributed by atoms with Crippen LogP contribution in [0.15, 0.2) is 0 Å². The van der Waals surface area contributed by atoms with Gasteiger partial charge < -0.3 is 0 Å². The zero-order valence-corrected chi connectivity index (χ0v) is 14.5. The van der Waals surface area contributed by atoms with Crippen LogP contribution in [0.3, 0.4) is 0 Å². The molecule has 0 bridgehead atoms. The molecular weight excluding hydrogens is 216 g/mol. The molecule has 0 heteroatoms. The van der Waals surface area contributed by atoms with Gasteiger partial charge in [-0.2, -0.15) is 0 Å². The fraction of sp³-hybridized carbons (Fsp3) is 1.00. The highest BCUT2D eigenvalue weighted by molar-refractivity contribution is 4.84. The molecule has 0 rings (SSSR count). The smallest absolute Gasteiger partial charge is 0.0327 e. The zero-order chi connectivity index (χ0) is 14.5. The molecule has 0 aromatic heterocycles. The lowest BCUT2D eigenvalue weighted by molar-refractivity contribution is 0.0580. The lowest BCUT2D eigenvalue weighted by Crippen LogP contribution is -2.36. The number of hydrogen-bond donors (Lipinski definition) is 0. The third-order valence-electron chi connectivity index (χ3n) is 5.47. The van der Waals surface area contributed by atoms with E-state index < -0.39 is 0 Å². The van der Waals surface area contributed by atoms with Crippen LogP contribution >= 0.6 is 0 Å². The Hall–Kier alpha value is 0. The van der Waals surface area contributed by atoms with Crippen molar-refractivity contribution >= 4 is 0 Å². The van der Waals surface area contributed by atoms with Crippen molar-refractivity contribution in [2.45, 2.75) is 75.2 Å². The van der Waals surface area contributed by atoms with Gasteiger partial charge in [0.15, 0.2) is 0 Å². The van der Waals surface area contributed by atoms with Gasteiger partial charge in [-0.05, 0) is 41.4 Å². The summed E-state index contributed by atoms with van der Waals surface area (Å²) in [5.74, 6) is 5.90. The summed E-state index contributed by atoms with van der Waals surface area (Å²) in [5, 5.41) is 0. The SMILES string of the molecule is CCC(C)C(C(C)C)C(C(C)CC)C(C)C(C)C. The standard InChI is InChI=1S/C18H38/c1-10-14(7)17(13(5)6)18(15(8)11-2)16(9)12(3)4/h12-18H,10-11H2,1-9H3. The molecule has 18 heavy (non-hydrogen) atoms. The van der Waals surface area contributed by atoms with Crippen LogP contribution in [-0.4, -0.2) is 0 Å². The van der Waals surface area contributed by atoms with Gasteiger partial charge in [-0.3, -0.25) is 0 Å². The van der Waals surface area contributed by atoms with Gasteiger partial charge in [0.05, 0.1) is 0 Å². The molecule has 0 aliphatic carbocycles. The first-order valence-corrected chi connectivity index (χ1v) is 8.27. The molecule has 0 aromatic rings. The maximum absolute atomic E-state index is 2.49. The lowest BCUT2D eigenvalue weighted by Gasteiger charge is -2.43. The van der Waals surface area contributed by atoms with E-state index in [0.717, 1.165) is 41.4 Å². The first-order chi connectivity index (χ1) is 8.27. The third-order valence-corrected chi connectivity index (χ3v) is 5.47. The summed E-state index contributed by atoms with van der Waals surface area (Å²) in [6.07, 6.45) is 2.64. The van der Waals surface area contributed by atoms with E-state index in [1.165, 1.54) is 12.8 Å². The van der Waals surface area contributed by atoms with Crippen LogP contribution in [0.1, 0.15) is 75.2 Å². The molecule has 0 aromatic carbocycles. The summed E-state index contributed by atoms with van der Waals surface area (Å²) in [5.41, 5.74) is 0. The van der Waals surface area contributed by atoms with Gasteiger partial charge in [0, 0.05) is 0 Å². The molecule has 0 aliphatic rings. The average Bonchev–Trinajstić information content (AvgIpc) is 2.32. The Labute approximate surface area is 117 Å². The Balaban J connectivity index is 5.22. The van der Waals surface area contributed by atoms with Crippen LogP contribution < -0.4 is 0 Å². The Kier molecular flexibility index (Phi) is 8.23. The molecule has 0 nitrogen and oxygen atoms in total. The van der Waals surface area contributed by atoms with E-state index in [9.17, 15) is 0 Å². The van der Waals surface area contributed by atoms with E-state index in [1.807, 2.05) is 0 Å². The summed E-state index contributed by atoms with van der Waals surface area (Å²) < 4.78 is 0. The normalized spacial score (nSPS) is 20.8. The van der Waals surface area contributed by atoms with Gasteiger partial charge in [0.1, 0.15) is 0 Å². The third kappa shape index (κ3) is 4.59. The molecule has 0 saturated heterocycles. The maximum Gasteiger partial charge on any atom is -0.0327 e. The highest BCUT2D eigenvalue weighted by Gasteiger charge is 2.36. The molecule has 0 saturated carbocycles. The van der Waals surface area contributed by atoms with Crippen LogP contribution in [0.25, 0.3) is 0 Å². The van der Waals surface area contributed by atoms with Gasteiger partial charge in [0.2, 0.25) is 0 Å². The van der Waals surface area contributed by atoms with Crippen LogP contribution in [0, 0.1) is 41.4 Å². The quantitative estimate of drug-likeness (QED) is 0.479. The molecule has 0 amide bonds. The summed E-state index contributed by atoms with van der Waals surface area (Å²) in [4.78, 5) is 0. The second-order valence-corrected chi connectivity index (χ2v) is 7.27. The highest BCUT2D eigenvalue weighted by Crippen LogP contribution is 2.42. The minimum absolute atomic E-state index is 0.800. The van der Waals surface area contributed by atoms with E-state index in [0.29, 0.717) is 0 Å². The summed E-state index contributed by atoms with van der Waals surface area (Å²) >= 11 is 0. The predicted molar refractivity (Wildman–Crippen MR) is 84.7 cm³/mol. The van der Waals surface area contributed by atoms with Crippen molar-refractivity contribution in [2.75, 3.05) is 0 Å². The lowest BCUT2D eigenvalue weighted by atomic mass is 9.63. The van der Waals surface area contributed by atoms with Crippen molar-refractivity contribution in [1.29, 1.82) is 0 Å². The molecule has 0 heterocycles. The first-order valence-electron chi connectivity index (χ1n) is 8.27. The monoisotopic (exact) mass is 254 g/mol. The topological polar surface area (TPSA) is 0 Å². The Morgan fingerprint density at radius 3 is 1.22 bits per heavy atom. The van der Waals surface area contributed by atoms with Crippen molar-refractivity contribution in [3.05, 3.63) is 0 Å². The van der Waals surface area contributed by atoms with Crippen molar-refractivity contribution in [3.8, 4) is 0 Å². The maximum atomic E-state index is 2.49. The van der Waals surface area contributed by atoms with Gasteiger partial charge >= 0.3 is 0 Å². The van der Waals surface area contributed by atoms with E-state index >= 15 is 0 Å². The average molecular weight is 255 g/mol. The molecular formula is C18H38. The summed E-state index contributed by atoms with van der Waals surface area (Å²) in [7, 11) is 0. The van der Waals surface area contributed by atoms with Gasteiger partial charge in [-0.25, -0.2) is 0 Å². The molecule has 5 atom stereocenters. The molecule has 0 fully saturated rings. The molecule has 5 unspecified atom stereocenters. The van der Waals surface area contributed by atoms with Gasteiger partial charge in [-0.1, -0.05) is 75.2 Å². The van der Waals surface area contributed by atoms with Crippen molar-refractivity contribution in [2.24, 2.45) is 41.4 Å². The van der Waals surface area contributed by atoms with Gasteiger partial charge in [-0.15, -0.1) is 0 Å². The Morgan fingerprint density at radius 2 is 0.944 bits per heavy atom. The van der Waals surface area contributed by atoms with Crippen LogP contribution in [0.2, 0.25) is 0 Å². The number of hydrogen-bond acceptors (Lipinski definition) is 0. The minimum Gasteiger partial charge on any atom is -0.0651 e. The molecule has 0 radical (unpaired) electrons. The molecule has 0 aliphatic heterocycles.